The van der Waals surface area contributed by atoms with Crippen LogP contribution in [0.5, 0.6) is 5.75 Å². The minimum absolute atomic E-state index is 0.134. The molecule has 2 aliphatic rings. The minimum Gasteiger partial charge on any atom is -0.496 e. The summed E-state index contributed by atoms with van der Waals surface area (Å²) in [5, 5.41) is 0. The van der Waals surface area contributed by atoms with E-state index in [2.05, 4.69) is 46.2 Å². The van der Waals surface area contributed by atoms with E-state index in [1.807, 2.05) is 23.1 Å². The summed E-state index contributed by atoms with van der Waals surface area (Å²) in [5.74, 6) is 1.35. The Balaban J connectivity index is 1.19. The molecule has 2 aliphatic heterocycles. The van der Waals surface area contributed by atoms with Gasteiger partial charge in [0.05, 0.1) is 13.2 Å². The lowest BCUT2D eigenvalue weighted by molar-refractivity contribution is -0.136. The van der Waals surface area contributed by atoms with Crippen LogP contribution in [-0.4, -0.2) is 79.6 Å². The van der Waals surface area contributed by atoms with Crippen LogP contribution in [0.3, 0.4) is 0 Å². The smallest absolute Gasteiger partial charge is 0.239 e. The summed E-state index contributed by atoms with van der Waals surface area (Å²) in [4.78, 5) is 20.0. The number of piperidine rings is 1. The average molecular weight is 451 g/mol. The van der Waals surface area contributed by atoms with Crippen molar-refractivity contribution in [1.29, 1.82) is 0 Å². The topological polar surface area (TPSA) is 62.0 Å². The Morgan fingerprint density at radius 2 is 1.61 bits per heavy atom. The monoisotopic (exact) mass is 450 g/mol. The first-order valence-electron chi connectivity index (χ1n) is 12.3. The summed E-state index contributed by atoms with van der Waals surface area (Å²) in [6.07, 6.45) is 3.10. The molecule has 6 nitrogen and oxygen atoms in total. The van der Waals surface area contributed by atoms with E-state index in [0.717, 1.165) is 77.4 Å². The number of para-hydroxylation sites is 1. The molecule has 2 heterocycles. The molecule has 178 valence electrons. The quantitative estimate of drug-likeness (QED) is 0.670. The number of likely N-dealkylation sites (tertiary alicyclic amines) is 1. The minimum atomic E-state index is -0.373. The first-order chi connectivity index (χ1) is 16.1. The molecule has 0 radical (unpaired) electrons. The van der Waals surface area contributed by atoms with Gasteiger partial charge >= 0.3 is 0 Å². The molecule has 0 spiro atoms. The molecular formula is C27H38N4O2. The van der Waals surface area contributed by atoms with E-state index in [0.29, 0.717) is 0 Å². The summed E-state index contributed by atoms with van der Waals surface area (Å²) in [6.45, 7) is 7.22. The summed E-state index contributed by atoms with van der Waals surface area (Å²) in [6, 6.07) is 18.4. The summed E-state index contributed by atoms with van der Waals surface area (Å²) >= 11 is 0. The van der Waals surface area contributed by atoms with E-state index < -0.39 is 0 Å². The molecule has 2 saturated heterocycles. The fourth-order valence-corrected chi connectivity index (χ4v) is 5.08. The van der Waals surface area contributed by atoms with Crippen molar-refractivity contribution in [1.82, 2.24) is 14.7 Å². The van der Waals surface area contributed by atoms with Gasteiger partial charge in [-0.1, -0.05) is 48.5 Å². The highest BCUT2D eigenvalue weighted by molar-refractivity contribution is 5.82. The largest absolute Gasteiger partial charge is 0.496 e. The SMILES string of the molecule is COc1ccccc1CN1CCN(C(=O)[C@@H](N)C2CCN(CCc3ccccc3)CC2)CC1. The third-order valence-electron chi connectivity index (χ3n) is 7.26. The number of nitrogens with two attached hydrogens (primary N) is 1. The maximum absolute atomic E-state index is 13.1. The average Bonchev–Trinajstić information content (AvgIpc) is 2.88. The Hall–Kier alpha value is -2.41. The van der Waals surface area contributed by atoms with Crippen molar-refractivity contribution in [2.75, 3.05) is 52.9 Å². The van der Waals surface area contributed by atoms with Crippen molar-refractivity contribution in [2.24, 2.45) is 11.7 Å². The highest BCUT2D eigenvalue weighted by Gasteiger charge is 2.32. The molecule has 0 aliphatic carbocycles. The molecule has 33 heavy (non-hydrogen) atoms. The Bertz CT molecular complexity index is 875. The highest BCUT2D eigenvalue weighted by atomic mass is 16.5. The molecule has 2 aromatic carbocycles. The van der Waals surface area contributed by atoms with Crippen molar-refractivity contribution in [2.45, 2.75) is 31.8 Å². The van der Waals surface area contributed by atoms with Gasteiger partial charge in [0.1, 0.15) is 5.75 Å². The molecule has 0 bridgehead atoms. The lowest BCUT2D eigenvalue weighted by Gasteiger charge is -2.39. The van der Waals surface area contributed by atoms with Crippen LogP contribution in [0.15, 0.2) is 54.6 Å². The van der Waals surface area contributed by atoms with Crippen LogP contribution in [0, 0.1) is 5.92 Å². The predicted molar refractivity (Wildman–Crippen MR) is 132 cm³/mol. The zero-order chi connectivity index (χ0) is 23.0. The van der Waals surface area contributed by atoms with Gasteiger partial charge in [-0.25, -0.2) is 0 Å². The fraction of sp³-hybridized carbons (Fsp3) is 0.519. The van der Waals surface area contributed by atoms with E-state index in [4.69, 9.17) is 10.5 Å². The molecule has 4 rings (SSSR count). The number of benzene rings is 2. The zero-order valence-corrected chi connectivity index (χ0v) is 19.9. The Morgan fingerprint density at radius 1 is 0.939 bits per heavy atom. The van der Waals surface area contributed by atoms with Crippen LogP contribution >= 0.6 is 0 Å². The number of amides is 1. The predicted octanol–water partition coefficient (Wildman–Crippen LogP) is 2.62. The van der Waals surface area contributed by atoms with E-state index in [-0.39, 0.29) is 17.9 Å². The van der Waals surface area contributed by atoms with Crippen molar-refractivity contribution in [3.8, 4) is 5.75 Å². The molecular weight excluding hydrogens is 412 g/mol. The van der Waals surface area contributed by atoms with Gasteiger partial charge in [-0.05, 0) is 49.9 Å². The first kappa shape index (κ1) is 23.7. The summed E-state index contributed by atoms with van der Waals surface area (Å²) in [7, 11) is 1.71. The van der Waals surface area contributed by atoms with E-state index in [1.54, 1.807) is 7.11 Å². The van der Waals surface area contributed by atoms with Gasteiger partial charge in [0.2, 0.25) is 5.91 Å². The number of carbonyl (C=O) groups is 1. The van der Waals surface area contributed by atoms with Crippen LogP contribution in [0.1, 0.15) is 24.0 Å². The molecule has 0 unspecified atom stereocenters. The third kappa shape index (κ3) is 6.34. The molecule has 1 atom stereocenters. The zero-order valence-electron chi connectivity index (χ0n) is 19.9. The number of piperazine rings is 1. The van der Waals surface area contributed by atoms with Crippen LogP contribution in [0.4, 0.5) is 0 Å². The maximum Gasteiger partial charge on any atom is 0.239 e. The van der Waals surface area contributed by atoms with Crippen LogP contribution < -0.4 is 10.5 Å². The molecule has 6 heteroatoms. The number of rotatable bonds is 8. The summed E-state index contributed by atoms with van der Waals surface area (Å²) in [5.41, 5.74) is 9.07. The van der Waals surface area contributed by atoms with E-state index >= 15 is 0 Å². The van der Waals surface area contributed by atoms with E-state index in [9.17, 15) is 4.79 Å². The number of hydrogen-bond acceptors (Lipinski definition) is 5. The van der Waals surface area contributed by atoms with Crippen LogP contribution in [0.2, 0.25) is 0 Å². The second-order valence-corrected chi connectivity index (χ2v) is 9.35. The second kappa shape index (κ2) is 11.6. The standard InChI is InChI=1S/C27H38N4O2/c1-33-25-10-6-5-9-24(25)21-30-17-19-31(20-18-30)27(32)26(28)23-12-15-29(16-13-23)14-11-22-7-3-2-4-8-22/h2-10,23,26H,11-21,28H2,1H3/t26-/m0/s1. The third-order valence-corrected chi connectivity index (χ3v) is 7.26. The lowest BCUT2D eigenvalue weighted by Crippen LogP contribution is -2.55. The van der Waals surface area contributed by atoms with Crippen molar-refractivity contribution >= 4 is 5.91 Å². The number of nitrogens with zero attached hydrogens (tertiary/aromatic N) is 3. The van der Waals surface area contributed by atoms with Crippen molar-refractivity contribution in [3.63, 3.8) is 0 Å². The first-order valence-corrected chi connectivity index (χ1v) is 12.3. The van der Waals surface area contributed by atoms with Crippen LogP contribution in [-0.2, 0) is 17.8 Å². The van der Waals surface area contributed by atoms with Gasteiger partial charge < -0.3 is 20.3 Å². The van der Waals surface area contributed by atoms with Gasteiger partial charge in [0.15, 0.2) is 0 Å². The van der Waals surface area contributed by atoms with Gasteiger partial charge in [-0.3, -0.25) is 9.69 Å². The molecule has 1 amide bonds. The number of ether oxygens (including phenoxy) is 1. The summed E-state index contributed by atoms with van der Waals surface area (Å²) < 4.78 is 5.48. The van der Waals surface area contributed by atoms with Gasteiger partial charge in [-0.15, -0.1) is 0 Å². The van der Waals surface area contributed by atoms with Crippen LogP contribution in [0.25, 0.3) is 0 Å². The molecule has 2 N–H and O–H groups in total. The number of hydrogen-bond donors (Lipinski definition) is 1. The van der Waals surface area contributed by atoms with Gasteiger partial charge in [0.25, 0.3) is 0 Å². The van der Waals surface area contributed by atoms with Crippen molar-refractivity contribution < 1.29 is 9.53 Å². The maximum atomic E-state index is 13.1. The molecule has 0 saturated carbocycles. The second-order valence-electron chi connectivity index (χ2n) is 9.35. The lowest BCUT2D eigenvalue weighted by atomic mass is 9.88. The molecule has 0 aromatic heterocycles. The fourth-order valence-electron chi connectivity index (χ4n) is 5.08. The highest BCUT2D eigenvalue weighted by Crippen LogP contribution is 2.23. The Labute approximate surface area is 198 Å². The van der Waals surface area contributed by atoms with Gasteiger partial charge in [0, 0.05) is 44.8 Å². The molecule has 2 fully saturated rings. The number of methoxy groups -OCH3 is 1. The van der Waals surface area contributed by atoms with E-state index in [1.165, 1.54) is 11.1 Å². The Kier molecular flexibility index (Phi) is 8.37. The Morgan fingerprint density at radius 3 is 2.30 bits per heavy atom. The normalized spacial score (nSPS) is 19.4. The van der Waals surface area contributed by atoms with Crippen molar-refractivity contribution in [3.05, 3.63) is 65.7 Å². The number of carbonyl (C=O) groups excluding carboxylic acids is 1. The van der Waals surface area contributed by atoms with Gasteiger partial charge in [-0.2, -0.15) is 0 Å². The molecule has 2 aromatic rings.